The number of para-hydroxylation sites is 2. The van der Waals surface area contributed by atoms with E-state index in [1.165, 1.54) is 17.7 Å². The number of hydrogen-bond donors (Lipinski definition) is 1. The number of carbonyl (C=O) groups is 1. The minimum atomic E-state index is -0.495. The second kappa shape index (κ2) is 10.8. The van der Waals surface area contributed by atoms with Crippen molar-refractivity contribution in [3.05, 3.63) is 95.6 Å². The number of hydrogen-bond acceptors (Lipinski definition) is 3. The number of fused-ring (bicyclic) bond motifs is 1. The van der Waals surface area contributed by atoms with Gasteiger partial charge in [-0.1, -0.05) is 42.8 Å². The van der Waals surface area contributed by atoms with Gasteiger partial charge in [-0.2, -0.15) is 0 Å². The van der Waals surface area contributed by atoms with Crippen LogP contribution in [0.15, 0.2) is 72.8 Å². The predicted molar refractivity (Wildman–Crippen MR) is 128 cm³/mol. The zero-order chi connectivity index (χ0) is 23.0. The molecule has 3 aromatic carbocycles. The number of amides is 1. The van der Waals surface area contributed by atoms with Crippen LogP contribution in [0.5, 0.6) is 5.75 Å². The first-order valence-corrected chi connectivity index (χ1v) is 11.3. The van der Waals surface area contributed by atoms with Gasteiger partial charge in [-0.25, -0.2) is 9.37 Å². The molecule has 0 bridgehead atoms. The van der Waals surface area contributed by atoms with Gasteiger partial charge in [0.15, 0.2) is 0 Å². The molecule has 1 amide bonds. The van der Waals surface area contributed by atoms with Gasteiger partial charge in [0.25, 0.3) is 5.91 Å². The minimum Gasteiger partial charge on any atom is -0.497 e. The number of halogens is 1. The van der Waals surface area contributed by atoms with Crippen molar-refractivity contribution in [1.29, 1.82) is 0 Å². The molecule has 1 heterocycles. The third-order valence-corrected chi connectivity index (χ3v) is 5.71. The summed E-state index contributed by atoms with van der Waals surface area (Å²) in [5.41, 5.74) is 3.40. The fraction of sp³-hybridized carbons (Fsp3) is 0.259. The Kier molecular flexibility index (Phi) is 7.35. The average molecular weight is 446 g/mol. The lowest BCUT2D eigenvalue weighted by Gasteiger charge is -2.10. The first kappa shape index (κ1) is 22.5. The largest absolute Gasteiger partial charge is 0.497 e. The number of nitrogens with one attached hydrogen (secondary N) is 1. The summed E-state index contributed by atoms with van der Waals surface area (Å²) in [4.78, 5) is 17.0. The molecule has 0 aliphatic heterocycles. The predicted octanol–water partition coefficient (Wildman–Crippen LogP) is 5.38. The van der Waals surface area contributed by atoms with Crippen molar-refractivity contribution in [2.75, 3.05) is 13.7 Å². The van der Waals surface area contributed by atoms with Gasteiger partial charge in [-0.05, 0) is 54.8 Å². The molecule has 0 radical (unpaired) electrons. The number of nitrogens with zero attached hydrogens (tertiary/aromatic N) is 2. The van der Waals surface area contributed by atoms with Gasteiger partial charge in [0, 0.05) is 19.5 Å². The molecule has 1 aromatic heterocycles. The number of aromatic nitrogens is 2. The molecule has 0 unspecified atom stereocenters. The lowest BCUT2D eigenvalue weighted by molar-refractivity contribution is 0.0949. The Morgan fingerprint density at radius 3 is 2.52 bits per heavy atom. The number of carbonyl (C=O) groups excluding carboxylic acids is 1. The van der Waals surface area contributed by atoms with E-state index in [1.54, 1.807) is 19.2 Å². The molecule has 4 aromatic rings. The molecule has 170 valence electrons. The van der Waals surface area contributed by atoms with E-state index < -0.39 is 5.82 Å². The summed E-state index contributed by atoms with van der Waals surface area (Å²) in [6.45, 7) is 1.27. The number of unbranched alkanes of at least 4 members (excludes halogenated alkanes) is 2. The minimum absolute atomic E-state index is 0.0877. The highest BCUT2D eigenvalue weighted by Gasteiger charge is 2.12. The molecular formula is C27H28FN3O2. The molecule has 5 nitrogen and oxygen atoms in total. The number of imidazole rings is 1. The fourth-order valence-electron chi connectivity index (χ4n) is 3.93. The van der Waals surface area contributed by atoms with Crippen LogP contribution in [0.3, 0.4) is 0 Å². The van der Waals surface area contributed by atoms with Crippen LogP contribution in [0.1, 0.15) is 41.0 Å². The molecule has 0 spiro atoms. The van der Waals surface area contributed by atoms with E-state index >= 15 is 0 Å². The Morgan fingerprint density at radius 2 is 1.73 bits per heavy atom. The zero-order valence-electron chi connectivity index (χ0n) is 18.8. The van der Waals surface area contributed by atoms with E-state index in [1.807, 2.05) is 30.3 Å². The van der Waals surface area contributed by atoms with Crippen LogP contribution < -0.4 is 10.1 Å². The lowest BCUT2D eigenvalue weighted by atomic mass is 10.1. The van der Waals surface area contributed by atoms with Crippen LogP contribution in [0.2, 0.25) is 0 Å². The van der Waals surface area contributed by atoms with Crippen LogP contribution >= 0.6 is 0 Å². The molecule has 0 fully saturated rings. The first-order chi connectivity index (χ1) is 16.2. The SMILES string of the molecule is COc1ccc(Cn2c(CCCCCNC(=O)c3ccccc3F)nc3ccccc32)cc1. The lowest BCUT2D eigenvalue weighted by Crippen LogP contribution is -2.25. The highest BCUT2D eigenvalue weighted by atomic mass is 19.1. The number of rotatable bonds is 10. The highest BCUT2D eigenvalue weighted by molar-refractivity contribution is 5.94. The first-order valence-electron chi connectivity index (χ1n) is 11.3. The molecule has 4 rings (SSSR count). The van der Waals surface area contributed by atoms with Crippen molar-refractivity contribution < 1.29 is 13.9 Å². The molecule has 0 saturated heterocycles. The fourth-order valence-corrected chi connectivity index (χ4v) is 3.93. The van der Waals surface area contributed by atoms with Crippen LogP contribution in [-0.2, 0) is 13.0 Å². The van der Waals surface area contributed by atoms with Crippen molar-refractivity contribution in [3.63, 3.8) is 0 Å². The van der Waals surface area contributed by atoms with Gasteiger partial charge in [-0.15, -0.1) is 0 Å². The number of ether oxygens (including phenoxy) is 1. The second-order valence-corrected chi connectivity index (χ2v) is 8.00. The van der Waals surface area contributed by atoms with Crippen LogP contribution in [0.4, 0.5) is 4.39 Å². The molecule has 33 heavy (non-hydrogen) atoms. The molecule has 6 heteroatoms. The summed E-state index contributed by atoms with van der Waals surface area (Å²) in [6, 6.07) is 22.3. The van der Waals surface area contributed by atoms with Crippen molar-refractivity contribution >= 4 is 16.9 Å². The molecule has 0 atom stereocenters. The highest BCUT2D eigenvalue weighted by Crippen LogP contribution is 2.21. The van der Waals surface area contributed by atoms with Crippen molar-refractivity contribution in [1.82, 2.24) is 14.9 Å². The Hall–Kier alpha value is -3.67. The topological polar surface area (TPSA) is 56.1 Å². The smallest absolute Gasteiger partial charge is 0.254 e. The van der Waals surface area contributed by atoms with E-state index in [9.17, 15) is 9.18 Å². The maximum atomic E-state index is 13.7. The quantitative estimate of drug-likeness (QED) is 0.334. The summed E-state index contributed by atoms with van der Waals surface area (Å²) < 4.78 is 21.2. The monoisotopic (exact) mass is 445 g/mol. The standard InChI is InChI=1S/C27H28FN3O2/c1-33-21-16-14-20(15-17-21)19-31-25-12-7-6-11-24(25)30-26(31)13-3-2-8-18-29-27(32)22-9-4-5-10-23(22)28/h4-7,9-12,14-17H,2-3,8,13,18-19H2,1H3,(H,29,32). The van der Waals surface area contributed by atoms with Gasteiger partial charge in [0.05, 0.1) is 23.7 Å². The molecular weight excluding hydrogens is 417 g/mol. The summed E-state index contributed by atoms with van der Waals surface area (Å²) in [6.07, 6.45) is 3.59. The van der Waals surface area contributed by atoms with Crippen LogP contribution in [0.25, 0.3) is 11.0 Å². The molecule has 0 aliphatic carbocycles. The van der Waals surface area contributed by atoms with Gasteiger partial charge >= 0.3 is 0 Å². The zero-order valence-corrected chi connectivity index (χ0v) is 18.8. The van der Waals surface area contributed by atoms with E-state index in [0.717, 1.165) is 54.8 Å². The van der Waals surface area contributed by atoms with E-state index in [2.05, 4.69) is 28.1 Å². The molecule has 0 saturated carbocycles. The normalized spacial score (nSPS) is 11.0. The number of aryl methyl sites for hydroxylation is 1. The Balaban J connectivity index is 1.33. The Bertz CT molecular complexity index is 1220. The summed E-state index contributed by atoms with van der Waals surface area (Å²) >= 11 is 0. The maximum Gasteiger partial charge on any atom is 0.254 e. The van der Waals surface area contributed by atoms with Crippen molar-refractivity contribution in [2.24, 2.45) is 0 Å². The second-order valence-electron chi connectivity index (χ2n) is 8.00. The van der Waals surface area contributed by atoms with E-state index in [4.69, 9.17) is 9.72 Å². The summed E-state index contributed by atoms with van der Waals surface area (Å²) in [5.74, 6) is 1.04. The summed E-state index contributed by atoms with van der Waals surface area (Å²) in [5, 5.41) is 2.80. The van der Waals surface area contributed by atoms with Crippen molar-refractivity contribution in [2.45, 2.75) is 32.2 Å². The molecule has 1 N–H and O–H groups in total. The van der Waals surface area contributed by atoms with Crippen LogP contribution in [-0.4, -0.2) is 29.1 Å². The Morgan fingerprint density at radius 1 is 0.970 bits per heavy atom. The maximum absolute atomic E-state index is 13.7. The van der Waals surface area contributed by atoms with E-state index in [-0.39, 0.29) is 11.5 Å². The van der Waals surface area contributed by atoms with Gasteiger partial charge in [0.1, 0.15) is 17.4 Å². The van der Waals surface area contributed by atoms with Gasteiger partial charge in [0.2, 0.25) is 0 Å². The van der Waals surface area contributed by atoms with Gasteiger partial charge in [-0.3, -0.25) is 4.79 Å². The average Bonchev–Trinajstić information content (AvgIpc) is 3.19. The summed E-state index contributed by atoms with van der Waals surface area (Å²) in [7, 11) is 1.67. The molecule has 0 aliphatic rings. The third kappa shape index (κ3) is 5.58. The van der Waals surface area contributed by atoms with Crippen molar-refractivity contribution in [3.8, 4) is 5.75 Å². The van der Waals surface area contributed by atoms with E-state index in [0.29, 0.717) is 6.54 Å². The number of benzene rings is 3. The third-order valence-electron chi connectivity index (χ3n) is 5.71. The Labute approximate surface area is 193 Å². The van der Waals surface area contributed by atoms with Gasteiger partial charge < -0.3 is 14.6 Å². The number of methoxy groups -OCH3 is 1. The van der Waals surface area contributed by atoms with Crippen LogP contribution in [0, 0.1) is 5.82 Å².